The molecule has 3 rings (SSSR count). The highest BCUT2D eigenvalue weighted by molar-refractivity contribution is 5.74. The van der Waals surface area contributed by atoms with Crippen molar-refractivity contribution in [2.75, 3.05) is 31.5 Å². The van der Waals surface area contributed by atoms with E-state index in [9.17, 15) is 4.79 Å². The minimum atomic E-state index is 0.0480. The Morgan fingerprint density at radius 2 is 2.08 bits per heavy atom. The van der Waals surface area contributed by atoms with Crippen molar-refractivity contribution in [2.45, 2.75) is 38.9 Å². The van der Waals surface area contributed by atoms with Gasteiger partial charge in [-0.05, 0) is 38.0 Å². The van der Waals surface area contributed by atoms with Crippen LogP contribution in [0.25, 0.3) is 0 Å². The number of urea groups is 1. The van der Waals surface area contributed by atoms with Gasteiger partial charge in [0.2, 0.25) is 0 Å². The lowest BCUT2D eigenvalue weighted by molar-refractivity contribution is 0.199. The number of amides is 2. The van der Waals surface area contributed by atoms with Gasteiger partial charge in [-0.1, -0.05) is 24.3 Å². The summed E-state index contributed by atoms with van der Waals surface area (Å²) in [5.41, 5.74) is 2.22. The van der Waals surface area contributed by atoms with E-state index in [4.69, 9.17) is 0 Å². The van der Waals surface area contributed by atoms with E-state index in [2.05, 4.69) is 59.7 Å². The second kappa shape index (κ2) is 7.71. The normalized spacial score (nSPS) is 20.8. The summed E-state index contributed by atoms with van der Waals surface area (Å²) in [6, 6.07) is 9.18. The van der Waals surface area contributed by atoms with E-state index >= 15 is 0 Å². The third kappa shape index (κ3) is 4.29. The molecule has 0 bridgehead atoms. The van der Waals surface area contributed by atoms with Gasteiger partial charge in [0, 0.05) is 50.5 Å². The predicted octanol–water partition coefficient (Wildman–Crippen LogP) is 2.66. The third-order valence-corrected chi connectivity index (χ3v) is 4.64. The van der Waals surface area contributed by atoms with Crippen molar-refractivity contribution in [2.24, 2.45) is 0 Å². The lowest BCUT2D eigenvalue weighted by Gasteiger charge is -2.23. The van der Waals surface area contributed by atoms with Crippen LogP contribution in [0.1, 0.15) is 25.8 Å². The summed E-state index contributed by atoms with van der Waals surface area (Å²) in [6.45, 7) is 8.54. The Morgan fingerprint density at radius 1 is 1.29 bits per heavy atom. The molecule has 1 atom stereocenters. The third-order valence-electron chi connectivity index (χ3n) is 4.64. The van der Waals surface area contributed by atoms with Crippen molar-refractivity contribution in [3.63, 3.8) is 0 Å². The molecule has 0 saturated carbocycles. The number of anilines is 1. The largest absolute Gasteiger partial charge is 0.383 e. The Hall–Kier alpha value is -2.01. The predicted molar refractivity (Wildman–Crippen MR) is 98.1 cm³/mol. The molecule has 1 saturated heterocycles. The number of carbonyl (C=O) groups excluding carboxylic acids is 1. The Bertz CT molecular complexity index is 591. The fraction of sp³-hybridized carbons (Fsp3) is 0.526. The standard InChI is InChI=1S/C19H28N4O/c1-15(2)21-17-7-5-6-16(12-17)13-20-19(24)23-11-8-18(14-23)22-9-3-4-10-22/h3-7,12,15,18,21H,8-11,13-14H2,1-2H3,(H,20,24)/t18-/m0/s1. The molecular weight excluding hydrogens is 300 g/mol. The Kier molecular flexibility index (Phi) is 5.41. The second-order valence-corrected chi connectivity index (χ2v) is 6.97. The first-order valence-corrected chi connectivity index (χ1v) is 8.89. The zero-order valence-corrected chi connectivity index (χ0v) is 14.7. The van der Waals surface area contributed by atoms with Gasteiger partial charge in [0.15, 0.2) is 0 Å². The molecule has 0 unspecified atom stereocenters. The molecule has 2 aliphatic rings. The fourth-order valence-corrected chi connectivity index (χ4v) is 3.41. The average Bonchev–Trinajstić information content (AvgIpc) is 3.23. The van der Waals surface area contributed by atoms with Crippen LogP contribution in [0.15, 0.2) is 36.4 Å². The molecule has 2 amide bonds. The van der Waals surface area contributed by atoms with Crippen molar-refractivity contribution in [3.8, 4) is 0 Å². The Balaban J connectivity index is 1.47. The van der Waals surface area contributed by atoms with E-state index in [1.54, 1.807) is 0 Å². The van der Waals surface area contributed by atoms with Crippen LogP contribution < -0.4 is 10.6 Å². The van der Waals surface area contributed by atoms with Crippen LogP contribution in [-0.2, 0) is 6.54 Å². The van der Waals surface area contributed by atoms with E-state index in [1.807, 2.05) is 11.0 Å². The van der Waals surface area contributed by atoms with Crippen molar-refractivity contribution in [1.82, 2.24) is 15.1 Å². The van der Waals surface area contributed by atoms with Crippen LogP contribution in [0.4, 0.5) is 10.5 Å². The molecule has 2 heterocycles. The molecule has 1 aromatic rings. The molecule has 0 spiro atoms. The number of rotatable bonds is 5. The van der Waals surface area contributed by atoms with Gasteiger partial charge in [-0.15, -0.1) is 0 Å². The van der Waals surface area contributed by atoms with Crippen LogP contribution in [0.2, 0.25) is 0 Å². The van der Waals surface area contributed by atoms with Crippen LogP contribution in [0, 0.1) is 0 Å². The van der Waals surface area contributed by atoms with Crippen molar-refractivity contribution < 1.29 is 4.79 Å². The van der Waals surface area contributed by atoms with Crippen LogP contribution in [-0.4, -0.2) is 54.1 Å². The fourth-order valence-electron chi connectivity index (χ4n) is 3.41. The average molecular weight is 328 g/mol. The van der Waals surface area contributed by atoms with Gasteiger partial charge in [0.25, 0.3) is 0 Å². The van der Waals surface area contributed by atoms with Crippen molar-refractivity contribution >= 4 is 11.7 Å². The zero-order chi connectivity index (χ0) is 16.9. The minimum absolute atomic E-state index is 0.0480. The van der Waals surface area contributed by atoms with Gasteiger partial charge in [0.1, 0.15) is 0 Å². The Labute approximate surface area is 144 Å². The molecule has 5 nitrogen and oxygen atoms in total. The van der Waals surface area contributed by atoms with Gasteiger partial charge in [-0.2, -0.15) is 0 Å². The Morgan fingerprint density at radius 3 is 2.83 bits per heavy atom. The minimum Gasteiger partial charge on any atom is -0.383 e. The SMILES string of the molecule is CC(C)Nc1cccc(CNC(=O)N2CC[C@H](N3CC=CC3)C2)c1. The molecule has 130 valence electrons. The summed E-state index contributed by atoms with van der Waals surface area (Å²) in [4.78, 5) is 16.8. The van der Waals surface area contributed by atoms with Crippen LogP contribution >= 0.6 is 0 Å². The second-order valence-electron chi connectivity index (χ2n) is 6.97. The van der Waals surface area contributed by atoms with Gasteiger partial charge in [-0.25, -0.2) is 4.79 Å². The van der Waals surface area contributed by atoms with Gasteiger partial charge >= 0.3 is 6.03 Å². The maximum atomic E-state index is 12.4. The summed E-state index contributed by atoms with van der Waals surface area (Å²) in [6.07, 6.45) is 5.49. The van der Waals surface area contributed by atoms with E-state index in [0.717, 1.165) is 43.9 Å². The van der Waals surface area contributed by atoms with E-state index in [1.165, 1.54) is 0 Å². The first kappa shape index (κ1) is 16.8. The highest BCUT2D eigenvalue weighted by Gasteiger charge is 2.30. The molecule has 0 aromatic heterocycles. The molecule has 2 N–H and O–H groups in total. The molecule has 24 heavy (non-hydrogen) atoms. The number of carbonyl (C=O) groups is 1. The maximum Gasteiger partial charge on any atom is 0.317 e. The van der Waals surface area contributed by atoms with Gasteiger partial charge in [-0.3, -0.25) is 4.90 Å². The molecule has 1 aromatic carbocycles. The maximum absolute atomic E-state index is 12.4. The van der Waals surface area contributed by atoms with Gasteiger partial charge in [0.05, 0.1) is 0 Å². The number of nitrogens with zero attached hydrogens (tertiary/aromatic N) is 2. The molecule has 1 fully saturated rings. The lowest BCUT2D eigenvalue weighted by atomic mass is 10.2. The van der Waals surface area contributed by atoms with E-state index in [0.29, 0.717) is 18.6 Å². The van der Waals surface area contributed by atoms with Crippen molar-refractivity contribution in [3.05, 3.63) is 42.0 Å². The summed E-state index contributed by atoms with van der Waals surface area (Å²) < 4.78 is 0. The topological polar surface area (TPSA) is 47.6 Å². The highest BCUT2D eigenvalue weighted by Crippen LogP contribution is 2.18. The first-order chi connectivity index (χ1) is 11.6. The lowest BCUT2D eigenvalue weighted by Crippen LogP contribution is -2.41. The monoisotopic (exact) mass is 328 g/mol. The molecular formula is C19H28N4O. The summed E-state index contributed by atoms with van der Waals surface area (Å²) in [7, 11) is 0. The quantitative estimate of drug-likeness (QED) is 0.817. The summed E-state index contributed by atoms with van der Waals surface area (Å²) >= 11 is 0. The van der Waals surface area contributed by atoms with E-state index < -0.39 is 0 Å². The number of nitrogens with one attached hydrogen (secondary N) is 2. The highest BCUT2D eigenvalue weighted by atomic mass is 16.2. The van der Waals surface area contributed by atoms with Crippen LogP contribution in [0.3, 0.4) is 0 Å². The number of hydrogen-bond acceptors (Lipinski definition) is 3. The zero-order valence-electron chi connectivity index (χ0n) is 14.7. The number of hydrogen-bond donors (Lipinski definition) is 2. The molecule has 2 aliphatic heterocycles. The first-order valence-electron chi connectivity index (χ1n) is 8.89. The summed E-state index contributed by atoms with van der Waals surface area (Å²) in [5.74, 6) is 0. The van der Waals surface area contributed by atoms with Crippen molar-refractivity contribution in [1.29, 1.82) is 0 Å². The van der Waals surface area contributed by atoms with E-state index in [-0.39, 0.29) is 6.03 Å². The molecule has 0 radical (unpaired) electrons. The molecule has 5 heteroatoms. The summed E-state index contributed by atoms with van der Waals surface area (Å²) in [5, 5.41) is 6.45. The number of likely N-dealkylation sites (tertiary alicyclic amines) is 1. The molecule has 0 aliphatic carbocycles. The van der Waals surface area contributed by atoms with Gasteiger partial charge < -0.3 is 15.5 Å². The smallest absolute Gasteiger partial charge is 0.317 e. The van der Waals surface area contributed by atoms with Crippen LogP contribution in [0.5, 0.6) is 0 Å². The number of benzene rings is 1.